The van der Waals surface area contributed by atoms with Crippen molar-refractivity contribution >= 4 is 41.0 Å². The van der Waals surface area contributed by atoms with Crippen molar-refractivity contribution in [3.05, 3.63) is 101 Å². The Hall–Kier alpha value is -3.62. The molecule has 5 rings (SSSR count). The van der Waals surface area contributed by atoms with Crippen LogP contribution in [0.5, 0.6) is 0 Å². The van der Waals surface area contributed by atoms with Gasteiger partial charge in [-0.1, -0.05) is 73.1 Å². The molecule has 0 saturated heterocycles. The van der Waals surface area contributed by atoms with Crippen molar-refractivity contribution in [2.75, 3.05) is 23.7 Å². The summed E-state index contributed by atoms with van der Waals surface area (Å²) in [5.74, 6) is -0.319. The van der Waals surface area contributed by atoms with Crippen molar-refractivity contribution in [3.63, 3.8) is 0 Å². The Morgan fingerprint density at radius 2 is 1.87 bits per heavy atom. The molecule has 1 aliphatic rings. The first-order chi connectivity index (χ1) is 18.5. The molecule has 1 atom stereocenters. The SMILES string of the molecule is CCCNC(=O)CN1C(=O)CS[C@@H](c2cccc(F)c2)c2c(-c3ccccc3)nn(-c3ccccc3Cl)c21. The van der Waals surface area contributed by atoms with Gasteiger partial charge in [0.1, 0.15) is 18.2 Å². The molecule has 4 aromatic rings. The van der Waals surface area contributed by atoms with Crippen LogP contribution in [-0.2, 0) is 9.59 Å². The minimum absolute atomic E-state index is 0.105. The van der Waals surface area contributed by atoms with E-state index >= 15 is 0 Å². The van der Waals surface area contributed by atoms with E-state index in [0.29, 0.717) is 34.3 Å². The van der Waals surface area contributed by atoms with Crippen LogP contribution in [-0.4, -0.2) is 40.4 Å². The summed E-state index contributed by atoms with van der Waals surface area (Å²) < 4.78 is 16.1. The van der Waals surface area contributed by atoms with Gasteiger partial charge in [0.2, 0.25) is 11.8 Å². The smallest absolute Gasteiger partial charge is 0.240 e. The number of nitrogens with one attached hydrogen (secondary N) is 1. The lowest BCUT2D eigenvalue weighted by Crippen LogP contribution is -2.42. The number of carbonyl (C=O) groups is 2. The van der Waals surface area contributed by atoms with Crippen LogP contribution < -0.4 is 10.2 Å². The zero-order chi connectivity index (χ0) is 26.6. The second-order valence-corrected chi connectivity index (χ2v) is 10.4. The molecule has 0 saturated carbocycles. The van der Waals surface area contributed by atoms with Crippen LogP contribution in [0.2, 0.25) is 5.02 Å². The van der Waals surface area contributed by atoms with Gasteiger partial charge in [0.15, 0.2) is 0 Å². The maximum Gasteiger partial charge on any atom is 0.240 e. The number of aromatic nitrogens is 2. The van der Waals surface area contributed by atoms with Crippen LogP contribution in [0.4, 0.5) is 10.2 Å². The highest BCUT2D eigenvalue weighted by atomic mass is 35.5. The second kappa shape index (κ2) is 11.4. The lowest BCUT2D eigenvalue weighted by molar-refractivity contribution is -0.122. The summed E-state index contributed by atoms with van der Waals surface area (Å²) in [7, 11) is 0. The summed E-state index contributed by atoms with van der Waals surface area (Å²) in [5, 5.41) is 7.88. The van der Waals surface area contributed by atoms with Crippen LogP contribution in [0.25, 0.3) is 16.9 Å². The topological polar surface area (TPSA) is 67.2 Å². The quantitative estimate of drug-likeness (QED) is 0.306. The molecular formula is C29H26ClFN4O2S. The van der Waals surface area contributed by atoms with E-state index in [9.17, 15) is 14.0 Å². The Labute approximate surface area is 229 Å². The van der Waals surface area contributed by atoms with Gasteiger partial charge < -0.3 is 5.32 Å². The molecule has 0 fully saturated rings. The van der Waals surface area contributed by atoms with Gasteiger partial charge in [-0.15, -0.1) is 11.8 Å². The zero-order valence-electron chi connectivity index (χ0n) is 20.7. The van der Waals surface area contributed by atoms with E-state index < -0.39 is 5.25 Å². The Morgan fingerprint density at radius 1 is 1.11 bits per heavy atom. The van der Waals surface area contributed by atoms with Gasteiger partial charge in [0, 0.05) is 17.7 Å². The second-order valence-electron chi connectivity index (χ2n) is 8.89. The molecule has 1 N–H and O–H groups in total. The molecule has 6 nitrogen and oxygen atoms in total. The van der Waals surface area contributed by atoms with Gasteiger partial charge in [-0.2, -0.15) is 5.10 Å². The average Bonchev–Trinajstić information content (AvgIpc) is 3.24. The van der Waals surface area contributed by atoms with Crippen molar-refractivity contribution in [3.8, 4) is 16.9 Å². The van der Waals surface area contributed by atoms with Crippen LogP contribution >= 0.6 is 23.4 Å². The Balaban J connectivity index is 1.80. The van der Waals surface area contributed by atoms with Crippen LogP contribution in [0.1, 0.15) is 29.7 Å². The number of halogens is 2. The number of amides is 2. The molecular weight excluding hydrogens is 523 g/mol. The molecule has 38 heavy (non-hydrogen) atoms. The minimum Gasteiger partial charge on any atom is -0.355 e. The average molecular weight is 549 g/mol. The molecule has 3 aromatic carbocycles. The summed E-state index contributed by atoms with van der Waals surface area (Å²) in [4.78, 5) is 28.0. The summed E-state index contributed by atoms with van der Waals surface area (Å²) in [6.45, 7) is 2.30. The zero-order valence-corrected chi connectivity index (χ0v) is 22.3. The number of anilines is 1. The monoisotopic (exact) mass is 548 g/mol. The predicted molar refractivity (Wildman–Crippen MR) is 150 cm³/mol. The molecule has 0 unspecified atom stereocenters. The summed E-state index contributed by atoms with van der Waals surface area (Å²) >= 11 is 8.02. The molecule has 0 radical (unpaired) electrons. The van der Waals surface area contributed by atoms with Gasteiger partial charge in [-0.25, -0.2) is 9.07 Å². The molecule has 1 aromatic heterocycles. The van der Waals surface area contributed by atoms with Gasteiger partial charge >= 0.3 is 0 Å². The van der Waals surface area contributed by atoms with Crippen molar-refractivity contribution in [1.29, 1.82) is 0 Å². The maximum absolute atomic E-state index is 14.4. The van der Waals surface area contributed by atoms with Crippen molar-refractivity contribution in [2.24, 2.45) is 0 Å². The van der Waals surface area contributed by atoms with E-state index in [-0.39, 0.29) is 29.9 Å². The summed E-state index contributed by atoms with van der Waals surface area (Å²) in [5.41, 5.74) is 3.47. The lowest BCUT2D eigenvalue weighted by atomic mass is 9.99. The van der Waals surface area contributed by atoms with Crippen molar-refractivity contribution in [1.82, 2.24) is 15.1 Å². The molecule has 0 spiro atoms. The fourth-order valence-corrected chi connectivity index (χ4v) is 5.92. The normalized spacial score (nSPS) is 15.2. The molecule has 1 aliphatic heterocycles. The van der Waals surface area contributed by atoms with E-state index in [1.807, 2.05) is 61.5 Å². The van der Waals surface area contributed by atoms with Crippen LogP contribution in [0.3, 0.4) is 0 Å². The van der Waals surface area contributed by atoms with Crippen molar-refractivity contribution < 1.29 is 14.0 Å². The Morgan fingerprint density at radius 3 is 2.61 bits per heavy atom. The molecule has 9 heteroatoms. The number of hydrogen-bond donors (Lipinski definition) is 1. The highest BCUT2D eigenvalue weighted by Gasteiger charge is 2.38. The lowest BCUT2D eigenvalue weighted by Gasteiger charge is -2.23. The van der Waals surface area contributed by atoms with E-state index in [1.54, 1.807) is 16.8 Å². The summed E-state index contributed by atoms with van der Waals surface area (Å²) in [6.07, 6.45) is 0.776. The molecule has 2 amide bonds. The predicted octanol–water partition coefficient (Wildman–Crippen LogP) is 6.03. The third-order valence-electron chi connectivity index (χ3n) is 6.24. The standard InChI is InChI=1S/C29H26ClFN4O2S/c1-2-15-32-24(36)17-34-25(37)18-38-28(20-11-8-12-21(31)16-20)26-27(19-9-4-3-5-10-19)33-35(29(26)34)23-14-7-6-13-22(23)30/h3-14,16,28H,2,15,17-18H2,1H3,(H,32,36)/t28-/m0/s1. The van der Waals surface area contributed by atoms with E-state index in [4.69, 9.17) is 16.7 Å². The molecule has 2 heterocycles. The number of nitrogens with zero attached hydrogens (tertiary/aromatic N) is 3. The third kappa shape index (κ3) is 5.19. The van der Waals surface area contributed by atoms with Gasteiger partial charge in [0.25, 0.3) is 0 Å². The third-order valence-corrected chi connectivity index (χ3v) is 7.82. The first-order valence-electron chi connectivity index (χ1n) is 12.3. The molecule has 0 bridgehead atoms. The number of para-hydroxylation sites is 1. The fourth-order valence-electron chi connectivity index (χ4n) is 4.52. The first kappa shape index (κ1) is 26.0. The highest BCUT2D eigenvalue weighted by molar-refractivity contribution is 8.00. The van der Waals surface area contributed by atoms with Gasteiger partial charge in [0.05, 0.1) is 27.4 Å². The number of fused-ring (bicyclic) bond motifs is 1. The minimum atomic E-state index is -0.417. The largest absolute Gasteiger partial charge is 0.355 e. The first-order valence-corrected chi connectivity index (χ1v) is 13.8. The van der Waals surface area contributed by atoms with Crippen LogP contribution in [0.15, 0.2) is 78.9 Å². The molecule has 0 aliphatic carbocycles. The maximum atomic E-state index is 14.4. The number of benzene rings is 3. The van der Waals surface area contributed by atoms with Gasteiger partial charge in [-0.05, 0) is 36.2 Å². The number of thioether (sulfide) groups is 1. The number of carbonyl (C=O) groups excluding carboxylic acids is 2. The van der Waals surface area contributed by atoms with E-state index in [1.165, 1.54) is 28.8 Å². The fraction of sp³-hybridized carbons (Fsp3) is 0.207. The van der Waals surface area contributed by atoms with Crippen LogP contribution in [0, 0.1) is 5.82 Å². The number of hydrogen-bond acceptors (Lipinski definition) is 4. The Kier molecular flexibility index (Phi) is 7.81. The summed E-state index contributed by atoms with van der Waals surface area (Å²) in [6, 6.07) is 23.2. The highest BCUT2D eigenvalue weighted by Crippen LogP contribution is 2.48. The van der Waals surface area contributed by atoms with Crippen molar-refractivity contribution in [2.45, 2.75) is 18.6 Å². The molecule has 194 valence electrons. The van der Waals surface area contributed by atoms with E-state index in [0.717, 1.165) is 17.5 Å². The van der Waals surface area contributed by atoms with Gasteiger partial charge in [-0.3, -0.25) is 14.5 Å². The number of rotatable bonds is 7. The van der Waals surface area contributed by atoms with E-state index in [2.05, 4.69) is 5.32 Å². The Bertz CT molecular complexity index is 1480.